The van der Waals surface area contributed by atoms with E-state index < -0.39 is 45.8 Å². The van der Waals surface area contributed by atoms with Crippen molar-refractivity contribution in [3.05, 3.63) is 108 Å². The Morgan fingerprint density at radius 3 is 2.15 bits per heavy atom. The average molecular weight is 601 g/mol. The zero-order valence-corrected chi connectivity index (χ0v) is 22.9. The van der Waals surface area contributed by atoms with Crippen LogP contribution in [0.15, 0.2) is 66.7 Å². The molecule has 0 bridgehead atoms. The zero-order valence-electron chi connectivity index (χ0n) is 21.4. The van der Waals surface area contributed by atoms with Gasteiger partial charge in [-0.2, -0.15) is 0 Å². The second-order valence-electron chi connectivity index (χ2n) is 8.81. The number of Topliss-reactive ketones (excluding diaryl/α,β-unsaturated/α-hetero) is 1. The van der Waals surface area contributed by atoms with Crippen molar-refractivity contribution in [1.29, 1.82) is 0 Å². The highest BCUT2D eigenvalue weighted by molar-refractivity contribution is 6.34. The summed E-state index contributed by atoms with van der Waals surface area (Å²) < 4.78 is 0. The number of benzene rings is 3. The zero-order chi connectivity index (χ0) is 30.3. The number of imide groups is 1. The largest absolute Gasteiger partial charge is 0.326 e. The van der Waals surface area contributed by atoms with E-state index in [1.807, 2.05) is 0 Å². The van der Waals surface area contributed by atoms with Gasteiger partial charge in [-0.15, -0.1) is 0 Å². The second kappa shape index (κ2) is 13.6. The minimum absolute atomic E-state index is 0.0377. The van der Waals surface area contributed by atoms with Crippen LogP contribution in [0, 0.1) is 20.2 Å². The third kappa shape index (κ3) is 8.16. The van der Waals surface area contributed by atoms with Gasteiger partial charge in [0.2, 0.25) is 23.5 Å². The molecule has 0 aliphatic rings. The summed E-state index contributed by atoms with van der Waals surface area (Å²) >= 11 is 12.1. The number of carbonyl (C=O) groups is 4. The third-order valence-electron chi connectivity index (χ3n) is 5.90. The van der Waals surface area contributed by atoms with Crippen LogP contribution >= 0.6 is 23.2 Å². The number of nitro benzene ring substituents is 1. The van der Waals surface area contributed by atoms with E-state index in [9.17, 15) is 39.4 Å². The number of rotatable bonds is 11. The van der Waals surface area contributed by atoms with Gasteiger partial charge in [0.15, 0.2) is 0 Å². The summed E-state index contributed by atoms with van der Waals surface area (Å²) in [5, 5.41) is 24.0. The number of nitrogens with one attached hydrogen (secondary N) is 1. The highest BCUT2D eigenvalue weighted by Crippen LogP contribution is 2.32. The maximum absolute atomic E-state index is 13.4. The number of nitrogens with zero attached hydrogens (tertiary/aromatic N) is 3. The van der Waals surface area contributed by atoms with Gasteiger partial charge in [0.25, 0.3) is 12.2 Å². The average Bonchev–Trinajstić information content (AvgIpc) is 2.88. The number of carbonyl (C=O) groups excluding carboxylic acids is 4. The molecule has 0 fully saturated rings. The minimum atomic E-state index is -0.929. The van der Waals surface area contributed by atoms with Gasteiger partial charge >= 0.3 is 0 Å². The van der Waals surface area contributed by atoms with E-state index in [1.54, 1.807) is 30.3 Å². The summed E-state index contributed by atoms with van der Waals surface area (Å²) in [6.07, 6.45) is -0.469. The smallest absolute Gasteiger partial charge is 0.288 e. The summed E-state index contributed by atoms with van der Waals surface area (Å²) in [6, 6.07) is 16.0. The third-order valence-corrected chi connectivity index (χ3v) is 6.52. The van der Waals surface area contributed by atoms with Crippen LogP contribution < -0.4 is 10.2 Å². The van der Waals surface area contributed by atoms with E-state index in [1.165, 1.54) is 24.3 Å². The van der Waals surface area contributed by atoms with Crippen molar-refractivity contribution in [2.45, 2.75) is 25.7 Å². The molecule has 0 aliphatic carbocycles. The number of amides is 3. The van der Waals surface area contributed by atoms with Crippen LogP contribution in [0.4, 0.5) is 17.1 Å². The lowest BCUT2D eigenvalue weighted by atomic mass is 9.91. The van der Waals surface area contributed by atoms with Gasteiger partial charge in [-0.3, -0.25) is 44.3 Å². The maximum atomic E-state index is 13.4. The van der Waals surface area contributed by atoms with Crippen LogP contribution in [0.3, 0.4) is 0 Å². The van der Waals surface area contributed by atoms with Crippen LogP contribution in [0.2, 0.25) is 10.0 Å². The molecule has 1 N–H and O–H groups in total. The number of hydrogen-bond acceptors (Lipinski definition) is 8. The Morgan fingerprint density at radius 1 is 0.902 bits per heavy atom. The minimum Gasteiger partial charge on any atom is -0.326 e. The fourth-order valence-electron chi connectivity index (χ4n) is 4.08. The molecule has 3 rings (SSSR count). The molecule has 3 aromatic carbocycles. The fraction of sp³-hybridized carbons (Fsp3) is 0.185. The summed E-state index contributed by atoms with van der Waals surface area (Å²) in [4.78, 5) is 71.9. The first-order valence-corrected chi connectivity index (χ1v) is 12.7. The number of ketones is 1. The van der Waals surface area contributed by atoms with Gasteiger partial charge in [-0.1, -0.05) is 53.5 Å². The molecule has 1 unspecified atom stereocenters. The lowest BCUT2D eigenvalue weighted by Crippen LogP contribution is -2.36. The van der Waals surface area contributed by atoms with Crippen molar-refractivity contribution >= 4 is 63.8 Å². The molecule has 0 aromatic heterocycles. The van der Waals surface area contributed by atoms with Crippen molar-refractivity contribution in [1.82, 2.24) is 0 Å². The molecule has 0 saturated carbocycles. The lowest BCUT2D eigenvalue weighted by molar-refractivity contribution is -0.465. The second-order valence-corrected chi connectivity index (χ2v) is 9.63. The molecule has 0 heterocycles. The molecular weight excluding hydrogens is 579 g/mol. The van der Waals surface area contributed by atoms with Crippen molar-refractivity contribution < 1.29 is 29.0 Å². The van der Waals surface area contributed by atoms with Gasteiger partial charge in [0.1, 0.15) is 5.02 Å². The normalized spacial score (nSPS) is 11.3. The molecule has 0 radical (unpaired) electrons. The first-order valence-electron chi connectivity index (χ1n) is 11.9. The van der Waals surface area contributed by atoms with E-state index in [0.29, 0.717) is 5.56 Å². The molecule has 212 valence electrons. The Hall–Kier alpha value is -4.68. The Balaban J connectivity index is 1.81. The van der Waals surface area contributed by atoms with Crippen LogP contribution in [0.25, 0.3) is 0 Å². The Bertz CT molecular complexity index is 1530. The monoisotopic (exact) mass is 600 g/mol. The van der Waals surface area contributed by atoms with Gasteiger partial charge in [-0.05, 0) is 35.9 Å². The Labute approximate surface area is 243 Å². The molecular formula is C27H22Cl2N4O8. The number of hydrogen-bond donors (Lipinski definition) is 1. The predicted molar refractivity (Wildman–Crippen MR) is 151 cm³/mol. The van der Waals surface area contributed by atoms with Crippen molar-refractivity contribution in [3.63, 3.8) is 0 Å². The molecule has 3 amide bonds. The van der Waals surface area contributed by atoms with E-state index in [4.69, 9.17) is 23.2 Å². The summed E-state index contributed by atoms with van der Waals surface area (Å²) in [6.45, 7) is 0.225. The quantitative estimate of drug-likeness (QED) is 0.172. The molecule has 12 nitrogen and oxygen atoms in total. The van der Waals surface area contributed by atoms with E-state index in [-0.39, 0.29) is 45.5 Å². The number of nitro groups is 2. The Kier molecular flexibility index (Phi) is 10.2. The van der Waals surface area contributed by atoms with Gasteiger partial charge < -0.3 is 5.32 Å². The van der Waals surface area contributed by atoms with Gasteiger partial charge in [0.05, 0.1) is 15.6 Å². The van der Waals surface area contributed by atoms with Crippen molar-refractivity contribution in [2.24, 2.45) is 0 Å². The molecule has 3 aromatic rings. The first-order chi connectivity index (χ1) is 19.4. The lowest BCUT2D eigenvalue weighted by Gasteiger charge is -2.23. The summed E-state index contributed by atoms with van der Waals surface area (Å²) in [7, 11) is 0. The van der Waals surface area contributed by atoms with Crippen LogP contribution in [0.5, 0.6) is 0 Å². The van der Waals surface area contributed by atoms with Crippen LogP contribution in [-0.4, -0.2) is 39.9 Å². The fourth-order valence-corrected chi connectivity index (χ4v) is 4.61. The number of halogens is 2. The van der Waals surface area contributed by atoms with Gasteiger partial charge in [0, 0.05) is 47.9 Å². The van der Waals surface area contributed by atoms with Crippen LogP contribution in [0.1, 0.15) is 41.6 Å². The Morgan fingerprint density at radius 2 is 1.59 bits per heavy atom. The first kappa shape index (κ1) is 30.9. The predicted octanol–water partition coefficient (Wildman–Crippen LogP) is 5.44. The van der Waals surface area contributed by atoms with Crippen LogP contribution in [-0.2, 0) is 14.4 Å². The highest BCUT2D eigenvalue weighted by Gasteiger charge is 2.28. The highest BCUT2D eigenvalue weighted by atomic mass is 35.5. The summed E-state index contributed by atoms with van der Waals surface area (Å²) in [5.41, 5.74) is 0.447. The van der Waals surface area contributed by atoms with Crippen molar-refractivity contribution in [2.75, 3.05) is 16.8 Å². The molecule has 0 saturated heterocycles. The molecule has 1 atom stereocenters. The SMILES string of the molecule is CC(=O)N(C(=O)CC(CC(=O)Nc1ccc(C(=O)C[N+](=O)[O-])c(Cl)c1)c1ccccc1)c1ccc([N+](=O)[O-])c(Cl)c1. The van der Waals surface area contributed by atoms with Crippen molar-refractivity contribution in [3.8, 4) is 0 Å². The molecule has 0 aliphatic heterocycles. The maximum Gasteiger partial charge on any atom is 0.288 e. The van der Waals surface area contributed by atoms with E-state index in [2.05, 4.69) is 5.32 Å². The van der Waals surface area contributed by atoms with E-state index >= 15 is 0 Å². The topological polar surface area (TPSA) is 170 Å². The number of anilines is 2. The molecule has 0 spiro atoms. The standard InChI is InChI=1S/C27H22Cl2N4O8/c1-16(34)32(20-8-10-24(33(40)41)23(29)14-20)27(37)12-18(17-5-3-2-4-6-17)11-26(36)30-19-7-9-21(22(28)13-19)25(35)15-31(38)39/h2-10,13-14,18H,11-12,15H2,1H3,(H,30,36). The molecule has 41 heavy (non-hydrogen) atoms. The van der Waals surface area contributed by atoms with E-state index in [0.717, 1.165) is 24.0 Å². The van der Waals surface area contributed by atoms with Gasteiger partial charge in [-0.25, -0.2) is 0 Å². The summed E-state index contributed by atoms with van der Waals surface area (Å²) in [5.74, 6) is -3.31. The molecule has 14 heteroatoms.